The predicted molar refractivity (Wildman–Crippen MR) is 111 cm³/mol. The number of rotatable bonds is 11. The highest BCUT2D eigenvalue weighted by Crippen LogP contribution is 2.12. The van der Waals surface area contributed by atoms with Gasteiger partial charge in [-0.05, 0) is 43.2 Å². The van der Waals surface area contributed by atoms with Crippen molar-refractivity contribution in [2.75, 3.05) is 20.3 Å². The molecule has 2 aromatic rings. The number of carbonyl (C=O) groups is 1. The molecule has 0 radical (unpaired) electrons. The fourth-order valence-electron chi connectivity index (χ4n) is 2.54. The molecule has 0 saturated heterocycles. The van der Waals surface area contributed by atoms with Gasteiger partial charge in [-0.2, -0.15) is 0 Å². The van der Waals surface area contributed by atoms with Crippen LogP contribution >= 0.6 is 0 Å². The molecule has 0 spiro atoms. The molecule has 0 bridgehead atoms. The number of carbonyl (C=O) groups excluding carboxylic acids is 1. The van der Waals surface area contributed by atoms with Gasteiger partial charge in [-0.1, -0.05) is 30.3 Å². The number of ether oxygens (including phenoxy) is 2. The van der Waals surface area contributed by atoms with E-state index < -0.39 is 10.0 Å². The fourth-order valence-corrected chi connectivity index (χ4v) is 3.60. The number of benzene rings is 2. The normalized spacial score (nSPS) is 11.6. The first kappa shape index (κ1) is 23.0. The highest BCUT2D eigenvalue weighted by atomic mass is 32.2. The zero-order chi connectivity index (χ0) is 21.3. The van der Waals surface area contributed by atoms with E-state index in [1.54, 1.807) is 12.1 Å². The van der Waals surface area contributed by atoms with Gasteiger partial charge in [0.15, 0.2) is 0 Å². The van der Waals surface area contributed by atoms with E-state index in [2.05, 4.69) is 10.0 Å². The summed E-state index contributed by atoms with van der Waals surface area (Å²) in [5.41, 5.74) is 2.24. The summed E-state index contributed by atoms with van der Waals surface area (Å²) in [6, 6.07) is 13.7. The lowest BCUT2D eigenvalue weighted by atomic mass is 10.1. The maximum atomic E-state index is 12.5. The smallest absolute Gasteiger partial charge is 0.251 e. The lowest BCUT2D eigenvalue weighted by Gasteiger charge is -2.11. The van der Waals surface area contributed by atoms with E-state index in [0.29, 0.717) is 13.2 Å². The van der Waals surface area contributed by atoms with Crippen molar-refractivity contribution < 1.29 is 22.7 Å². The Labute approximate surface area is 172 Å². The number of sulfonamides is 1. The number of methoxy groups -OCH3 is 1. The molecule has 0 heterocycles. The lowest BCUT2D eigenvalue weighted by Crippen LogP contribution is -2.28. The Bertz CT molecular complexity index is 913. The summed E-state index contributed by atoms with van der Waals surface area (Å²) in [7, 11) is -2.21. The molecular formula is C21H28N2O5S. The second-order valence-corrected chi connectivity index (χ2v) is 8.55. The first-order valence-electron chi connectivity index (χ1n) is 9.38. The van der Waals surface area contributed by atoms with Crippen LogP contribution in [0.15, 0.2) is 53.4 Å². The molecule has 29 heavy (non-hydrogen) atoms. The molecule has 0 saturated carbocycles. The van der Waals surface area contributed by atoms with E-state index in [-0.39, 0.29) is 35.6 Å². The van der Waals surface area contributed by atoms with Crippen LogP contribution in [0.25, 0.3) is 0 Å². The molecule has 1 amide bonds. The molecule has 0 unspecified atom stereocenters. The Kier molecular flexibility index (Phi) is 8.78. The summed E-state index contributed by atoms with van der Waals surface area (Å²) < 4.78 is 37.5. The summed E-state index contributed by atoms with van der Waals surface area (Å²) in [6.07, 6.45) is 0.144. The predicted octanol–water partition coefficient (Wildman–Crippen LogP) is 2.47. The standard InChI is InChI=1S/C21H28N2O5S/c1-16(2)28-15-18-7-4-6-17(12-18)14-22-21(24)19-8-5-9-20(13-19)29(25,26)23-10-11-27-3/h4-9,12-13,16,23H,10-11,14-15H2,1-3H3,(H,22,24). The lowest BCUT2D eigenvalue weighted by molar-refractivity contribution is 0.0657. The van der Waals surface area contributed by atoms with Gasteiger partial charge in [0.1, 0.15) is 0 Å². The van der Waals surface area contributed by atoms with Crippen LogP contribution in [0.3, 0.4) is 0 Å². The molecule has 0 aliphatic carbocycles. The number of hydrogen-bond donors (Lipinski definition) is 2. The Hall–Kier alpha value is -2.26. The first-order valence-corrected chi connectivity index (χ1v) is 10.9. The summed E-state index contributed by atoms with van der Waals surface area (Å²) in [5.74, 6) is -0.345. The van der Waals surface area contributed by atoms with Crippen molar-refractivity contribution in [2.24, 2.45) is 0 Å². The molecule has 158 valence electrons. The van der Waals surface area contributed by atoms with Crippen LogP contribution in [0.4, 0.5) is 0 Å². The van der Waals surface area contributed by atoms with E-state index in [4.69, 9.17) is 9.47 Å². The third-order valence-corrected chi connectivity index (χ3v) is 5.49. The summed E-state index contributed by atoms with van der Waals surface area (Å²) in [6.45, 7) is 5.22. The molecule has 0 aliphatic heterocycles. The van der Waals surface area contributed by atoms with Gasteiger partial charge in [-0.15, -0.1) is 0 Å². The van der Waals surface area contributed by atoms with Gasteiger partial charge in [0, 0.05) is 25.8 Å². The van der Waals surface area contributed by atoms with Crippen molar-refractivity contribution in [1.29, 1.82) is 0 Å². The van der Waals surface area contributed by atoms with Gasteiger partial charge in [0.25, 0.3) is 5.91 Å². The Morgan fingerprint density at radius 1 is 1.07 bits per heavy atom. The van der Waals surface area contributed by atoms with Gasteiger partial charge >= 0.3 is 0 Å². The van der Waals surface area contributed by atoms with Crippen molar-refractivity contribution in [2.45, 2.75) is 38.0 Å². The van der Waals surface area contributed by atoms with E-state index in [9.17, 15) is 13.2 Å². The quantitative estimate of drug-likeness (QED) is 0.545. The monoisotopic (exact) mass is 420 g/mol. The van der Waals surface area contributed by atoms with Crippen molar-refractivity contribution in [1.82, 2.24) is 10.0 Å². The van der Waals surface area contributed by atoms with E-state index in [1.165, 1.54) is 19.2 Å². The van der Waals surface area contributed by atoms with Crippen LogP contribution in [-0.4, -0.2) is 40.7 Å². The van der Waals surface area contributed by atoms with Gasteiger partial charge in [0.05, 0.1) is 24.2 Å². The molecule has 2 aromatic carbocycles. The van der Waals surface area contributed by atoms with Crippen molar-refractivity contribution in [3.8, 4) is 0 Å². The highest BCUT2D eigenvalue weighted by Gasteiger charge is 2.15. The molecule has 0 fully saturated rings. The summed E-state index contributed by atoms with van der Waals surface area (Å²) in [5, 5.41) is 2.82. The van der Waals surface area contributed by atoms with Crippen LogP contribution in [0.5, 0.6) is 0 Å². The second kappa shape index (κ2) is 11.1. The van der Waals surface area contributed by atoms with Crippen LogP contribution < -0.4 is 10.0 Å². The molecule has 2 N–H and O–H groups in total. The maximum Gasteiger partial charge on any atom is 0.251 e. The average Bonchev–Trinajstić information content (AvgIpc) is 2.71. The second-order valence-electron chi connectivity index (χ2n) is 6.78. The third-order valence-electron chi connectivity index (χ3n) is 4.03. The molecule has 0 atom stereocenters. The zero-order valence-corrected chi connectivity index (χ0v) is 17.8. The van der Waals surface area contributed by atoms with Gasteiger partial charge in [-0.3, -0.25) is 4.79 Å². The van der Waals surface area contributed by atoms with Crippen LogP contribution in [0, 0.1) is 0 Å². The third kappa shape index (κ3) is 7.58. The van der Waals surface area contributed by atoms with Gasteiger partial charge < -0.3 is 14.8 Å². The van der Waals surface area contributed by atoms with E-state index in [1.807, 2.05) is 38.1 Å². The van der Waals surface area contributed by atoms with Gasteiger partial charge in [-0.25, -0.2) is 13.1 Å². The van der Waals surface area contributed by atoms with E-state index >= 15 is 0 Å². The van der Waals surface area contributed by atoms with E-state index in [0.717, 1.165) is 11.1 Å². The first-order chi connectivity index (χ1) is 13.8. The minimum absolute atomic E-state index is 0.0362. The molecule has 8 heteroatoms. The highest BCUT2D eigenvalue weighted by molar-refractivity contribution is 7.89. The molecule has 0 aliphatic rings. The molecule has 7 nitrogen and oxygen atoms in total. The maximum absolute atomic E-state index is 12.5. The summed E-state index contributed by atoms with van der Waals surface area (Å²) >= 11 is 0. The average molecular weight is 421 g/mol. The van der Waals surface area contributed by atoms with Crippen molar-refractivity contribution >= 4 is 15.9 Å². The molecular weight excluding hydrogens is 392 g/mol. The fraction of sp³-hybridized carbons (Fsp3) is 0.381. The van der Waals surface area contributed by atoms with Crippen molar-refractivity contribution in [3.63, 3.8) is 0 Å². The Morgan fingerprint density at radius 2 is 1.79 bits per heavy atom. The number of hydrogen-bond acceptors (Lipinski definition) is 5. The Morgan fingerprint density at radius 3 is 2.52 bits per heavy atom. The zero-order valence-electron chi connectivity index (χ0n) is 17.0. The number of amides is 1. The van der Waals surface area contributed by atoms with Crippen LogP contribution in [0.1, 0.15) is 35.3 Å². The number of nitrogens with one attached hydrogen (secondary N) is 2. The van der Waals surface area contributed by atoms with Crippen molar-refractivity contribution in [3.05, 3.63) is 65.2 Å². The molecule has 0 aromatic heterocycles. The topological polar surface area (TPSA) is 93.7 Å². The SMILES string of the molecule is COCCNS(=O)(=O)c1cccc(C(=O)NCc2cccc(COC(C)C)c2)c1. The van der Waals surface area contributed by atoms with Gasteiger partial charge in [0.2, 0.25) is 10.0 Å². The van der Waals surface area contributed by atoms with Crippen LogP contribution in [-0.2, 0) is 32.6 Å². The van der Waals surface area contributed by atoms with Crippen LogP contribution in [0.2, 0.25) is 0 Å². The Balaban J connectivity index is 2.00. The minimum Gasteiger partial charge on any atom is -0.383 e. The molecule has 2 rings (SSSR count). The minimum atomic E-state index is -3.70. The summed E-state index contributed by atoms with van der Waals surface area (Å²) in [4.78, 5) is 12.5. The largest absolute Gasteiger partial charge is 0.383 e.